The van der Waals surface area contributed by atoms with Crippen LogP contribution in [-0.4, -0.2) is 31.1 Å². The zero-order valence-electron chi connectivity index (χ0n) is 7.95. The lowest BCUT2D eigenvalue weighted by molar-refractivity contribution is 0.937. The van der Waals surface area contributed by atoms with E-state index in [0.29, 0.717) is 5.78 Å². The molecule has 0 aliphatic rings. The highest BCUT2D eigenvalue weighted by atomic mass is 32.2. The fraction of sp³-hybridized carbons (Fsp3) is 0.111. The average molecular weight is 217 g/mol. The van der Waals surface area contributed by atoms with Crippen LogP contribution in [0.2, 0.25) is 0 Å². The summed E-state index contributed by atoms with van der Waals surface area (Å²) in [5.41, 5.74) is 1.83. The fourth-order valence-corrected chi connectivity index (χ4v) is 1.99. The lowest BCUT2D eigenvalue weighted by Gasteiger charge is -2.00. The van der Waals surface area contributed by atoms with E-state index in [9.17, 15) is 0 Å². The van der Waals surface area contributed by atoms with E-state index in [2.05, 4.69) is 20.4 Å². The van der Waals surface area contributed by atoms with E-state index in [1.165, 1.54) is 0 Å². The maximum absolute atomic E-state index is 4.07. The summed E-state index contributed by atoms with van der Waals surface area (Å²) in [6.45, 7) is 0. The summed E-state index contributed by atoms with van der Waals surface area (Å²) >= 11 is 1.54. The van der Waals surface area contributed by atoms with Gasteiger partial charge in [-0.2, -0.15) is 0 Å². The lowest BCUT2D eigenvalue weighted by Crippen LogP contribution is -1.95. The normalized spacial score (nSPS) is 11.3. The van der Waals surface area contributed by atoms with Gasteiger partial charge in [0.05, 0.1) is 5.52 Å². The molecule has 3 rings (SSSR count). The second-order valence-corrected chi connectivity index (χ2v) is 3.78. The third kappa shape index (κ3) is 1.18. The van der Waals surface area contributed by atoms with Crippen molar-refractivity contribution in [1.82, 2.24) is 24.8 Å². The standard InChI is InChI=1S/C9H7N5S/c1-15-9-13-12-8-11-10-6-4-2-3-5-7(6)14(8)9/h2-5H,1H3. The molecule has 15 heavy (non-hydrogen) atoms. The molecule has 3 aromatic rings. The monoisotopic (exact) mass is 217 g/mol. The van der Waals surface area contributed by atoms with Crippen LogP contribution < -0.4 is 0 Å². The maximum Gasteiger partial charge on any atom is 0.275 e. The molecular weight excluding hydrogens is 210 g/mol. The van der Waals surface area contributed by atoms with Gasteiger partial charge in [0.2, 0.25) is 0 Å². The minimum absolute atomic E-state index is 0.540. The van der Waals surface area contributed by atoms with Gasteiger partial charge in [0.1, 0.15) is 5.52 Å². The van der Waals surface area contributed by atoms with Crippen molar-refractivity contribution in [2.24, 2.45) is 0 Å². The SMILES string of the molecule is CSc1nnc2nnc3ccccc3n12. The Hall–Kier alpha value is -1.69. The van der Waals surface area contributed by atoms with E-state index in [0.717, 1.165) is 16.2 Å². The van der Waals surface area contributed by atoms with Gasteiger partial charge < -0.3 is 0 Å². The van der Waals surface area contributed by atoms with Gasteiger partial charge in [-0.1, -0.05) is 23.9 Å². The molecule has 1 aromatic carbocycles. The molecule has 2 aromatic heterocycles. The molecule has 0 aliphatic heterocycles. The van der Waals surface area contributed by atoms with Crippen molar-refractivity contribution < 1.29 is 0 Å². The first-order valence-electron chi connectivity index (χ1n) is 4.40. The molecule has 0 saturated heterocycles. The number of thioether (sulfide) groups is 1. The van der Waals surface area contributed by atoms with Crippen molar-refractivity contribution in [2.45, 2.75) is 5.16 Å². The Morgan fingerprint density at radius 3 is 2.73 bits per heavy atom. The van der Waals surface area contributed by atoms with E-state index in [4.69, 9.17) is 0 Å². The molecule has 0 saturated carbocycles. The van der Waals surface area contributed by atoms with Crippen molar-refractivity contribution >= 4 is 28.6 Å². The van der Waals surface area contributed by atoms with E-state index in [1.807, 2.05) is 34.9 Å². The molecular formula is C9H7N5S. The van der Waals surface area contributed by atoms with Gasteiger partial charge in [-0.05, 0) is 18.4 Å². The third-order valence-electron chi connectivity index (χ3n) is 2.17. The van der Waals surface area contributed by atoms with Gasteiger partial charge in [-0.3, -0.25) is 4.40 Å². The van der Waals surface area contributed by atoms with Crippen LogP contribution in [0, 0.1) is 0 Å². The highest BCUT2D eigenvalue weighted by Crippen LogP contribution is 2.18. The summed E-state index contributed by atoms with van der Waals surface area (Å²) in [6, 6.07) is 7.81. The number of benzene rings is 1. The first-order valence-corrected chi connectivity index (χ1v) is 5.63. The number of hydrogen-bond donors (Lipinski definition) is 0. The minimum atomic E-state index is 0.540. The third-order valence-corrected chi connectivity index (χ3v) is 2.80. The minimum Gasteiger partial charge on any atom is -0.251 e. The largest absolute Gasteiger partial charge is 0.275 e. The number of nitrogens with zero attached hydrogens (tertiary/aromatic N) is 5. The van der Waals surface area contributed by atoms with Crippen LogP contribution in [0.4, 0.5) is 0 Å². The Morgan fingerprint density at radius 2 is 1.87 bits per heavy atom. The van der Waals surface area contributed by atoms with Gasteiger partial charge in [0.25, 0.3) is 5.78 Å². The smallest absolute Gasteiger partial charge is 0.251 e. The topological polar surface area (TPSA) is 56.0 Å². The van der Waals surface area contributed by atoms with Crippen molar-refractivity contribution in [1.29, 1.82) is 0 Å². The molecule has 5 nitrogen and oxygen atoms in total. The molecule has 0 atom stereocenters. The lowest BCUT2D eigenvalue weighted by atomic mass is 10.3. The van der Waals surface area contributed by atoms with E-state index in [1.54, 1.807) is 11.8 Å². The molecule has 2 heterocycles. The Labute approximate surface area is 89.5 Å². The molecule has 0 aliphatic carbocycles. The molecule has 6 heteroatoms. The molecule has 0 bridgehead atoms. The van der Waals surface area contributed by atoms with E-state index >= 15 is 0 Å². The Kier molecular flexibility index (Phi) is 1.81. The van der Waals surface area contributed by atoms with E-state index in [-0.39, 0.29) is 0 Å². The zero-order chi connectivity index (χ0) is 10.3. The first kappa shape index (κ1) is 8.60. The zero-order valence-corrected chi connectivity index (χ0v) is 8.77. The van der Waals surface area contributed by atoms with Gasteiger partial charge in [0, 0.05) is 0 Å². The average Bonchev–Trinajstić information content (AvgIpc) is 2.72. The summed E-state index contributed by atoms with van der Waals surface area (Å²) in [5.74, 6) is 0.540. The van der Waals surface area contributed by atoms with Gasteiger partial charge in [0.15, 0.2) is 5.16 Å². The molecule has 0 N–H and O–H groups in total. The molecule has 0 fully saturated rings. The summed E-state index contributed by atoms with van der Waals surface area (Å²) in [7, 11) is 0. The van der Waals surface area contributed by atoms with Crippen LogP contribution in [0.15, 0.2) is 29.4 Å². The number of rotatable bonds is 1. The van der Waals surface area contributed by atoms with Gasteiger partial charge in [-0.25, -0.2) is 0 Å². The molecule has 0 amide bonds. The predicted octanol–water partition coefficient (Wildman–Crippen LogP) is 1.39. The van der Waals surface area contributed by atoms with E-state index < -0.39 is 0 Å². The van der Waals surface area contributed by atoms with Crippen LogP contribution >= 0.6 is 11.8 Å². The molecule has 0 unspecified atom stereocenters. The summed E-state index contributed by atoms with van der Waals surface area (Å²) < 4.78 is 1.91. The Bertz CT molecular complexity index is 633. The predicted molar refractivity (Wildman–Crippen MR) is 57.9 cm³/mol. The number of hydrogen-bond acceptors (Lipinski definition) is 5. The number of fused-ring (bicyclic) bond motifs is 3. The van der Waals surface area contributed by atoms with Crippen LogP contribution in [0.25, 0.3) is 16.8 Å². The van der Waals surface area contributed by atoms with Gasteiger partial charge >= 0.3 is 0 Å². The summed E-state index contributed by atoms with van der Waals surface area (Å²) in [4.78, 5) is 0. The second-order valence-electron chi connectivity index (χ2n) is 3.01. The van der Waals surface area contributed by atoms with Crippen LogP contribution in [0.3, 0.4) is 0 Å². The van der Waals surface area contributed by atoms with Crippen LogP contribution in [0.1, 0.15) is 0 Å². The highest BCUT2D eigenvalue weighted by Gasteiger charge is 2.08. The quantitative estimate of drug-likeness (QED) is 0.576. The van der Waals surface area contributed by atoms with Crippen LogP contribution in [-0.2, 0) is 0 Å². The van der Waals surface area contributed by atoms with Crippen molar-refractivity contribution in [3.05, 3.63) is 24.3 Å². The fourth-order valence-electron chi connectivity index (χ4n) is 1.51. The second kappa shape index (κ2) is 3.16. The molecule has 74 valence electrons. The highest BCUT2D eigenvalue weighted by molar-refractivity contribution is 7.98. The number of para-hydroxylation sites is 1. The van der Waals surface area contributed by atoms with Crippen LogP contribution in [0.5, 0.6) is 0 Å². The number of aromatic nitrogens is 5. The van der Waals surface area contributed by atoms with Gasteiger partial charge in [-0.15, -0.1) is 20.4 Å². The molecule has 0 spiro atoms. The summed E-state index contributed by atoms with van der Waals surface area (Å²) in [5, 5.41) is 16.9. The summed E-state index contributed by atoms with van der Waals surface area (Å²) in [6.07, 6.45) is 1.96. The molecule has 0 radical (unpaired) electrons. The Morgan fingerprint density at radius 1 is 1.07 bits per heavy atom. The Balaban J connectivity index is 2.56. The van der Waals surface area contributed by atoms with Crippen molar-refractivity contribution in [3.8, 4) is 0 Å². The maximum atomic E-state index is 4.07. The van der Waals surface area contributed by atoms with Crippen molar-refractivity contribution in [3.63, 3.8) is 0 Å². The van der Waals surface area contributed by atoms with Crippen molar-refractivity contribution in [2.75, 3.05) is 6.26 Å². The first-order chi connectivity index (χ1) is 7.40.